The molecule has 1 saturated carbocycles. The fourth-order valence-electron chi connectivity index (χ4n) is 2.25. The second-order valence-electron chi connectivity index (χ2n) is 5.77. The number of amides is 1. The van der Waals surface area contributed by atoms with Crippen LogP contribution in [0, 0.1) is 5.92 Å². The Labute approximate surface area is 143 Å². The molecule has 1 amide bonds. The number of carbonyl (C=O) groups is 1. The summed E-state index contributed by atoms with van der Waals surface area (Å²) in [4.78, 5) is 24.9. The van der Waals surface area contributed by atoms with Gasteiger partial charge in [-0.05, 0) is 37.0 Å². The van der Waals surface area contributed by atoms with Crippen molar-refractivity contribution in [2.24, 2.45) is 5.92 Å². The molecule has 8 heteroatoms. The number of anilines is 1. The Kier molecular flexibility index (Phi) is 4.07. The highest BCUT2D eigenvalue weighted by Crippen LogP contribution is 2.29. The van der Waals surface area contributed by atoms with Gasteiger partial charge in [0.15, 0.2) is 5.82 Å². The normalized spacial score (nSPS) is 13.4. The smallest absolute Gasteiger partial charge is 0.275 e. The Morgan fingerprint density at radius 2 is 2.12 bits per heavy atom. The van der Waals surface area contributed by atoms with Crippen molar-refractivity contribution in [1.29, 1.82) is 0 Å². The van der Waals surface area contributed by atoms with Crippen molar-refractivity contribution in [3.8, 4) is 11.7 Å². The second-order valence-corrected chi connectivity index (χ2v) is 5.77. The maximum absolute atomic E-state index is 12.4. The van der Waals surface area contributed by atoms with Crippen LogP contribution in [0.2, 0.25) is 0 Å². The van der Waals surface area contributed by atoms with Gasteiger partial charge >= 0.3 is 0 Å². The maximum Gasteiger partial charge on any atom is 0.275 e. The molecule has 1 N–H and O–H groups in total. The van der Waals surface area contributed by atoms with Crippen LogP contribution in [0.25, 0.3) is 5.82 Å². The highest BCUT2D eigenvalue weighted by atomic mass is 16.5. The van der Waals surface area contributed by atoms with Crippen molar-refractivity contribution in [3.05, 3.63) is 54.9 Å². The lowest BCUT2D eigenvalue weighted by molar-refractivity contribution is 0.102. The number of carbonyl (C=O) groups excluding carboxylic acids is 1. The zero-order chi connectivity index (χ0) is 17.1. The van der Waals surface area contributed by atoms with Crippen LogP contribution in [0.3, 0.4) is 0 Å². The van der Waals surface area contributed by atoms with Gasteiger partial charge in [0.25, 0.3) is 5.91 Å². The predicted molar refractivity (Wildman–Crippen MR) is 89.6 cm³/mol. The molecule has 1 aliphatic rings. The summed E-state index contributed by atoms with van der Waals surface area (Å²) in [5.74, 6) is 1.22. The summed E-state index contributed by atoms with van der Waals surface area (Å²) < 4.78 is 7.10. The van der Waals surface area contributed by atoms with Crippen LogP contribution < -0.4 is 10.1 Å². The highest BCUT2D eigenvalue weighted by Gasteiger charge is 2.22. The van der Waals surface area contributed by atoms with Gasteiger partial charge in [-0.2, -0.15) is 5.10 Å². The molecule has 1 aliphatic carbocycles. The van der Waals surface area contributed by atoms with Crippen molar-refractivity contribution < 1.29 is 9.53 Å². The monoisotopic (exact) mass is 336 g/mol. The van der Waals surface area contributed by atoms with Crippen LogP contribution in [0.4, 0.5) is 5.69 Å². The van der Waals surface area contributed by atoms with Crippen molar-refractivity contribution in [2.75, 3.05) is 11.9 Å². The highest BCUT2D eigenvalue weighted by molar-refractivity contribution is 6.03. The molecular weight excluding hydrogens is 320 g/mol. The van der Waals surface area contributed by atoms with Gasteiger partial charge in [-0.3, -0.25) is 4.79 Å². The largest absolute Gasteiger partial charge is 0.476 e. The first kappa shape index (κ1) is 15.3. The first-order chi connectivity index (χ1) is 12.3. The van der Waals surface area contributed by atoms with E-state index in [0.717, 1.165) is 0 Å². The number of pyridine rings is 1. The molecule has 3 aromatic rings. The van der Waals surface area contributed by atoms with Crippen LogP contribution >= 0.6 is 0 Å². The van der Waals surface area contributed by atoms with Gasteiger partial charge in [0.2, 0.25) is 5.88 Å². The fraction of sp³-hybridized carbons (Fsp3) is 0.235. The van der Waals surface area contributed by atoms with Crippen LogP contribution in [-0.4, -0.2) is 37.2 Å². The van der Waals surface area contributed by atoms with E-state index in [-0.39, 0.29) is 11.6 Å². The van der Waals surface area contributed by atoms with Crippen molar-refractivity contribution in [3.63, 3.8) is 0 Å². The third kappa shape index (κ3) is 3.63. The van der Waals surface area contributed by atoms with Gasteiger partial charge < -0.3 is 10.1 Å². The van der Waals surface area contributed by atoms with E-state index in [1.165, 1.54) is 25.2 Å². The number of nitrogens with one attached hydrogen (secondary N) is 1. The molecule has 0 radical (unpaired) electrons. The van der Waals surface area contributed by atoms with Crippen molar-refractivity contribution in [2.45, 2.75) is 12.8 Å². The number of ether oxygens (including phenoxy) is 1. The number of nitrogens with zero attached hydrogens (tertiary/aromatic N) is 5. The SMILES string of the molecule is O=C(Nc1cccnc1-n1cccn1)c1cnc(OCC2CC2)cn1. The Morgan fingerprint density at radius 1 is 1.20 bits per heavy atom. The lowest BCUT2D eigenvalue weighted by Crippen LogP contribution is -2.16. The van der Waals surface area contributed by atoms with E-state index in [4.69, 9.17) is 4.74 Å². The second kappa shape index (κ2) is 6.68. The molecule has 4 rings (SSSR count). The summed E-state index contributed by atoms with van der Waals surface area (Å²) in [7, 11) is 0. The lowest BCUT2D eigenvalue weighted by Gasteiger charge is -2.09. The minimum Gasteiger partial charge on any atom is -0.476 e. The van der Waals surface area contributed by atoms with Gasteiger partial charge in [0.05, 0.1) is 24.7 Å². The molecule has 0 aliphatic heterocycles. The Bertz CT molecular complexity index is 859. The Balaban J connectivity index is 1.46. The molecule has 3 heterocycles. The zero-order valence-electron chi connectivity index (χ0n) is 13.4. The van der Waals surface area contributed by atoms with E-state index in [1.807, 2.05) is 0 Å². The fourth-order valence-corrected chi connectivity index (χ4v) is 2.25. The summed E-state index contributed by atoms with van der Waals surface area (Å²) in [6, 6.07) is 5.28. The molecule has 3 aromatic heterocycles. The summed E-state index contributed by atoms with van der Waals surface area (Å²) in [5.41, 5.74) is 0.737. The summed E-state index contributed by atoms with van der Waals surface area (Å²) in [5, 5.41) is 6.93. The molecule has 1 fully saturated rings. The maximum atomic E-state index is 12.4. The first-order valence-corrected chi connectivity index (χ1v) is 8.01. The summed E-state index contributed by atoms with van der Waals surface area (Å²) in [6.07, 6.45) is 10.3. The quantitative estimate of drug-likeness (QED) is 0.741. The van der Waals surface area contributed by atoms with E-state index in [0.29, 0.717) is 29.9 Å². The third-order valence-corrected chi connectivity index (χ3v) is 3.78. The lowest BCUT2D eigenvalue weighted by atomic mass is 10.3. The van der Waals surface area contributed by atoms with Crippen molar-refractivity contribution >= 4 is 11.6 Å². The molecule has 0 spiro atoms. The van der Waals surface area contributed by atoms with Crippen LogP contribution in [0.15, 0.2) is 49.2 Å². The number of hydrogen-bond donors (Lipinski definition) is 1. The first-order valence-electron chi connectivity index (χ1n) is 8.01. The van der Waals surface area contributed by atoms with Gasteiger partial charge in [-0.1, -0.05) is 0 Å². The molecular formula is C17H16N6O2. The molecule has 8 nitrogen and oxygen atoms in total. The van der Waals surface area contributed by atoms with E-state index in [2.05, 4.69) is 25.4 Å². The average molecular weight is 336 g/mol. The molecule has 0 bridgehead atoms. The Hall–Kier alpha value is -3.29. The Morgan fingerprint density at radius 3 is 2.84 bits per heavy atom. The topological polar surface area (TPSA) is 94.8 Å². The third-order valence-electron chi connectivity index (χ3n) is 3.78. The number of rotatable bonds is 6. The average Bonchev–Trinajstić information content (AvgIpc) is 3.32. The summed E-state index contributed by atoms with van der Waals surface area (Å²) in [6.45, 7) is 0.656. The minimum absolute atomic E-state index is 0.203. The molecule has 25 heavy (non-hydrogen) atoms. The molecule has 0 saturated heterocycles. The van der Waals surface area contributed by atoms with E-state index < -0.39 is 0 Å². The zero-order valence-corrected chi connectivity index (χ0v) is 13.4. The van der Waals surface area contributed by atoms with Crippen LogP contribution in [0.1, 0.15) is 23.3 Å². The molecule has 0 aromatic carbocycles. The molecule has 0 unspecified atom stereocenters. The van der Waals surface area contributed by atoms with Gasteiger partial charge in [0, 0.05) is 18.6 Å². The van der Waals surface area contributed by atoms with Crippen LogP contribution in [0.5, 0.6) is 5.88 Å². The van der Waals surface area contributed by atoms with E-state index >= 15 is 0 Å². The van der Waals surface area contributed by atoms with Gasteiger partial charge in [0.1, 0.15) is 5.69 Å². The predicted octanol–water partition coefficient (Wildman–Crippen LogP) is 2.10. The van der Waals surface area contributed by atoms with E-state index in [9.17, 15) is 4.79 Å². The van der Waals surface area contributed by atoms with Crippen molar-refractivity contribution in [1.82, 2.24) is 24.7 Å². The van der Waals surface area contributed by atoms with Gasteiger partial charge in [-0.15, -0.1) is 0 Å². The van der Waals surface area contributed by atoms with Gasteiger partial charge in [-0.25, -0.2) is 19.6 Å². The van der Waals surface area contributed by atoms with E-state index in [1.54, 1.807) is 41.5 Å². The van der Waals surface area contributed by atoms with Crippen LogP contribution in [-0.2, 0) is 0 Å². The minimum atomic E-state index is -0.373. The summed E-state index contributed by atoms with van der Waals surface area (Å²) >= 11 is 0. The molecule has 126 valence electrons. The standard InChI is InChI=1S/C17H16N6O2/c24-17(14-9-20-15(10-19-14)25-11-12-4-5-12)22-13-3-1-6-18-16(13)23-8-2-7-21-23/h1-3,6-10,12H,4-5,11H2,(H,22,24). The number of hydrogen-bond acceptors (Lipinski definition) is 6. The molecule has 0 atom stereocenters. The number of aromatic nitrogens is 5.